The minimum Gasteiger partial charge on any atom is -0.289 e. The lowest BCUT2D eigenvalue weighted by molar-refractivity contribution is -0.129. The number of thiophene rings is 1. The van der Waals surface area contributed by atoms with Crippen molar-refractivity contribution in [2.45, 2.75) is 32.1 Å². The van der Waals surface area contributed by atoms with E-state index >= 15 is 0 Å². The quantitative estimate of drug-likeness (QED) is 0.433. The number of aryl methyl sites for hydroxylation is 1. The number of unbranched alkanes of at least 4 members (excludes halogenated alkanes) is 2. The van der Waals surface area contributed by atoms with Crippen molar-refractivity contribution in [1.29, 1.82) is 0 Å². The minimum atomic E-state index is -0.291. The van der Waals surface area contributed by atoms with Crippen LogP contribution in [-0.2, 0) is 11.2 Å². The van der Waals surface area contributed by atoms with Crippen molar-refractivity contribution in [3.05, 3.63) is 22.4 Å². The van der Waals surface area contributed by atoms with Crippen LogP contribution in [0.15, 0.2) is 17.5 Å². The van der Waals surface area contributed by atoms with Crippen LogP contribution >= 0.6 is 11.3 Å². The van der Waals surface area contributed by atoms with E-state index < -0.39 is 0 Å². The van der Waals surface area contributed by atoms with Crippen molar-refractivity contribution in [2.24, 2.45) is 0 Å². The molecule has 1 rings (SSSR count). The van der Waals surface area contributed by atoms with Crippen LogP contribution in [0, 0.1) is 0 Å². The second-order valence-electron chi connectivity index (χ2n) is 3.18. The molecule has 0 aliphatic heterocycles. The first-order valence-corrected chi connectivity index (χ1v) is 5.66. The van der Waals surface area contributed by atoms with Crippen LogP contribution < -0.4 is 5.48 Å². The fraction of sp³-hybridized carbons (Fsp3) is 0.500. The normalized spacial score (nSPS) is 10.1. The summed E-state index contributed by atoms with van der Waals surface area (Å²) in [5.41, 5.74) is 1.63. The molecule has 0 bridgehead atoms. The molecule has 2 N–H and O–H groups in total. The summed E-state index contributed by atoms with van der Waals surface area (Å²) in [5, 5.41) is 10.3. The zero-order chi connectivity index (χ0) is 10.2. The van der Waals surface area contributed by atoms with Gasteiger partial charge < -0.3 is 0 Å². The zero-order valence-corrected chi connectivity index (χ0v) is 8.85. The molecule has 3 nitrogen and oxygen atoms in total. The summed E-state index contributed by atoms with van der Waals surface area (Å²) in [6.45, 7) is 0. The van der Waals surface area contributed by atoms with Crippen LogP contribution in [0.25, 0.3) is 0 Å². The highest BCUT2D eigenvalue weighted by Crippen LogP contribution is 2.13. The molecule has 0 unspecified atom stereocenters. The molecule has 0 atom stereocenters. The molecule has 0 aromatic carbocycles. The van der Waals surface area contributed by atoms with Gasteiger partial charge in [0, 0.05) is 11.3 Å². The predicted octanol–water partition coefficient (Wildman–Crippen LogP) is 2.36. The van der Waals surface area contributed by atoms with Gasteiger partial charge in [0.05, 0.1) is 0 Å². The first kappa shape index (κ1) is 11.2. The second-order valence-corrected chi connectivity index (χ2v) is 4.21. The molecule has 0 aliphatic carbocycles. The van der Waals surface area contributed by atoms with Crippen LogP contribution in [0.4, 0.5) is 0 Å². The van der Waals surface area contributed by atoms with Gasteiger partial charge in [0.25, 0.3) is 0 Å². The molecule has 14 heavy (non-hydrogen) atoms. The molecule has 78 valence electrons. The summed E-state index contributed by atoms with van der Waals surface area (Å²) in [4.78, 5) is 12.0. The Kier molecular flexibility index (Phi) is 5.25. The van der Waals surface area contributed by atoms with Gasteiger partial charge in [-0.1, -0.05) is 12.5 Å². The molecule has 0 saturated carbocycles. The van der Waals surface area contributed by atoms with Crippen molar-refractivity contribution in [3.8, 4) is 0 Å². The minimum absolute atomic E-state index is 0.291. The standard InChI is InChI=1S/C10H15NO2S/c12-10(11-13)7-3-1-2-5-9-6-4-8-14-9/h4,6,8,13H,1-3,5,7H2,(H,11,12). The molecule has 0 aliphatic rings. The molecular weight excluding hydrogens is 198 g/mol. The van der Waals surface area contributed by atoms with Gasteiger partial charge in [-0.05, 0) is 30.7 Å². The summed E-state index contributed by atoms with van der Waals surface area (Å²) in [5.74, 6) is -0.291. The van der Waals surface area contributed by atoms with Crippen molar-refractivity contribution in [3.63, 3.8) is 0 Å². The average Bonchev–Trinajstić information content (AvgIpc) is 2.69. The second kappa shape index (κ2) is 6.56. The smallest absolute Gasteiger partial charge is 0.243 e. The van der Waals surface area contributed by atoms with Crippen LogP contribution in [0.5, 0.6) is 0 Å². The van der Waals surface area contributed by atoms with Crippen molar-refractivity contribution in [1.82, 2.24) is 5.48 Å². The van der Waals surface area contributed by atoms with E-state index in [9.17, 15) is 4.79 Å². The third kappa shape index (κ3) is 4.39. The predicted molar refractivity (Wildman–Crippen MR) is 56.4 cm³/mol. The summed E-state index contributed by atoms with van der Waals surface area (Å²) in [6.07, 6.45) is 4.50. The Bertz CT molecular complexity index is 259. The third-order valence-electron chi connectivity index (χ3n) is 2.03. The zero-order valence-electron chi connectivity index (χ0n) is 8.03. The Morgan fingerprint density at radius 3 is 2.93 bits per heavy atom. The van der Waals surface area contributed by atoms with Crippen molar-refractivity contribution < 1.29 is 10.0 Å². The van der Waals surface area contributed by atoms with Gasteiger partial charge in [-0.25, -0.2) is 5.48 Å². The van der Waals surface area contributed by atoms with E-state index in [0.717, 1.165) is 25.7 Å². The fourth-order valence-electron chi connectivity index (χ4n) is 1.27. The van der Waals surface area contributed by atoms with Gasteiger partial charge in [-0.3, -0.25) is 10.0 Å². The summed E-state index contributed by atoms with van der Waals surface area (Å²) >= 11 is 1.77. The Balaban J connectivity index is 1.97. The molecule has 1 aromatic heterocycles. The van der Waals surface area contributed by atoms with E-state index in [1.165, 1.54) is 4.88 Å². The van der Waals surface area contributed by atoms with E-state index in [-0.39, 0.29) is 5.91 Å². The highest BCUT2D eigenvalue weighted by molar-refractivity contribution is 7.09. The average molecular weight is 213 g/mol. The SMILES string of the molecule is O=C(CCCCCc1cccs1)NO. The topological polar surface area (TPSA) is 49.3 Å². The first-order valence-electron chi connectivity index (χ1n) is 4.78. The van der Waals surface area contributed by atoms with Gasteiger partial charge >= 0.3 is 0 Å². The van der Waals surface area contributed by atoms with Crippen molar-refractivity contribution >= 4 is 17.2 Å². The number of hydroxylamine groups is 1. The van der Waals surface area contributed by atoms with Crippen molar-refractivity contribution in [2.75, 3.05) is 0 Å². The highest BCUT2D eigenvalue weighted by Gasteiger charge is 1.98. The Morgan fingerprint density at radius 1 is 1.43 bits per heavy atom. The number of hydrogen-bond donors (Lipinski definition) is 2. The molecule has 0 fully saturated rings. The maximum atomic E-state index is 10.6. The molecule has 0 radical (unpaired) electrons. The van der Waals surface area contributed by atoms with E-state index in [1.54, 1.807) is 16.8 Å². The Labute approximate surface area is 87.7 Å². The Hall–Kier alpha value is -0.870. The number of carbonyl (C=O) groups is 1. The maximum Gasteiger partial charge on any atom is 0.243 e. The lowest BCUT2D eigenvalue weighted by atomic mass is 10.1. The largest absolute Gasteiger partial charge is 0.289 e. The summed E-state index contributed by atoms with van der Waals surface area (Å²) in [6, 6.07) is 4.18. The molecule has 1 amide bonds. The number of rotatable bonds is 6. The Morgan fingerprint density at radius 2 is 2.29 bits per heavy atom. The van der Waals surface area contributed by atoms with Crippen LogP contribution in [0.2, 0.25) is 0 Å². The molecule has 0 spiro atoms. The lowest BCUT2D eigenvalue weighted by Gasteiger charge is -1.99. The number of hydrogen-bond acceptors (Lipinski definition) is 3. The summed E-state index contributed by atoms with van der Waals surface area (Å²) in [7, 11) is 0. The highest BCUT2D eigenvalue weighted by atomic mass is 32.1. The monoisotopic (exact) mass is 213 g/mol. The fourth-order valence-corrected chi connectivity index (χ4v) is 2.02. The molecular formula is C10H15NO2S. The molecule has 1 aromatic rings. The van der Waals surface area contributed by atoms with Gasteiger partial charge in [-0.2, -0.15) is 0 Å². The maximum absolute atomic E-state index is 10.6. The van der Waals surface area contributed by atoms with E-state index in [4.69, 9.17) is 5.21 Å². The number of amides is 1. The van der Waals surface area contributed by atoms with E-state index in [2.05, 4.69) is 17.5 Å². The number of carbonyl (C=O) groups excluding carboxylic acids is 1. The molecule has 0 saturated heterocycles. The molecule has 4 heteroatoms. The summed E-state index contributed by atoms with van der Waals surface area (Å²) < 4.78 is 0. The van der Waals surface area contributed by atoms with Gasteiger partial charge in [0.15, 0.2) is 0 Å². The van der Waals surface area contributed by atoms with Gasteiger partial charge in [0.1, 0.15) is 0 Å². The van der Waals surface area contributed by atoms with E-state index in [1.807, 2.05) is 0 Å². The van der Waals surface area contributed by atoms with E-state index in [0.29, 0.717) is 6.42 Å². The van der Waals surface area contributed by atoms with Gasteiger partial charge in [-0.15, -0.1) is 11.3 Å². The molecule has 1 heterocycles. The van der Waals surface area contributed by atoms with Crippen LogP contribution in [0.3, 0.4) is 0 Å². The first-order chi connectivity index (χ1) is 6.83. The number of nitrogens with one attached hydrogen (secondary N) is 1. The lowest BCUT2D eigenvalue weighted by Crippen LogP contribution is -2.17. The van der Waals surface area contributed by atoms with Crippen LogP contribution in [0.1, 0.15) is 30.6 Å². The van der Waals surface area contributed by atoms with Crippen LogP contribution in [-0.4, -0.2) is 11.1 Å². The van der Waals surface area contributed by atoms with Gasteiger partial charge in [0.2, 0.25) is 5.91 Å². The third-order valence-corrected chi connectivity index (χ3v) is 2.97.